The van der Waals surface area contributed by atoms with E-state index in [0.717, 1.165) is 22.9 Å². The van der Waals surface area contributed by atoms with Crippen molar-refractivity contribution in [2.75, 3.05) is 0 Å². The van der Waals surface area contributed by atoms with Gasteiger partial charge in [-0.2, -0.15) is 0 Å². The van der Waals surface area contributed by atoms with E-state index in [1.807, 2.05) is 31.2 Å². The molecule has 17 heavy (non-hydrogen) atoms. The highest BCUT2D eigenvalue weighted by Gasteiger charge is 2.07. The van der Waals surface area contributed by atoms with E-state index < -0.39 is 0 Å². The fraction of sp³-hybridized carbons (Fsp3) is 0.286. The summed E-state index contributed by atoms with van der Waals surface area (Å²) in [6.45, 7) is 4.86. The number of halogens is 1. The van der Waals surface area contributed by atoms with Crippen LogP contribution in [0.15, 0.2) is 41.0 Å². The molecule has 2 aromatic rings. The van der Waals surface area contributed by atoms with Crippen LogP contribution in [0.2, 0.25) is 5.02 Å². The first-order valence-electron chi connectivity index (χ1n) is 5.68. The fourth-order valence-corrected chi connectivity index (χ4v) is 1.86. The number of benzene rings is 1. The summed E-state index contributed by atoms with van der Waals surface area (Å²) in [7, 11) is 0. The molecule has 0 amide bonds. The fourth-order valence-electron chi connectivity index (χ4n) is 1.66. The number of hydrogen-bond acceptors (Lipinski definition) is 2. The first kappa shape index (κ1) is 12.2. The normalized spacial score (nSPS) is 12.6. The molecule has 0 saturated heterocycles. The first-order valence-corrected chi connectivity index (χ1v) is 6.06. The second kappa shape index (κ2) is 5.39. The molecule has 1 atom stereocenters. The Morgan fingerprint density at radius 1 is 1.35 bits per heavy atom. The molecule has 1 N–H and O–H groups in total. The van der Waals surface area contributed by atoms with Gasteiger partial charge in [0.25, 0.3) is 0 Å². The van der Waals surface area contributed by atoms with Crippen molar-refractivity contribution in [3.05, 3.63) is 58.5 Å². The Bertz CT molecular complexity index is 479. The number of rotatable bonds is 4. The van der Waals surface area contributed by atoms with E-state index in [-0.39, 0.29) is 6.04 Å². The summed E-state index contributed by atoms with van der Waals surface area (Å²) in [6, 6.07) is 10.2. The van der Waals surface area contributed by atoms with E-state index in [4.69, 9.17) is 16.0 Å². The highest BCUT2D eigenvalue weighted by Crippen LogP contribution is 2.18. The Morgan fingerprint density at radius 2 is 2.18 bits per heavy atom. The summed E-state index contributed by atoms with van der Waals surface area (Å²) < 4.78 is 5.34. The molecule has 3 heteroatoms. The van der Waals surface area contributed by atoms with Gasteiger partial charge in [-0.25, -0.2) is 0 Å². The summed E-state index contributed by atoms with van der Waals surface area (Å²) in [5.41, 5.74) is 2.29. The minimum atomic E-state index is 0.199. The van der Waals surface area contributed by atoms with Gasteiger partial charge in [0.15, 0.2) is 0 Å². The summed E-state index contributed by atoms with van der Waals surface area (Å²) in [6.07, 6.45) is 1.69. The monoisotopic (exact) mass is 249 g/mol. The highest BCUT2D eigenvalue weighted by molar-refractivity contribution is 6.31. The molecule has 0 bridgehead atoms. The molecule has 0 saturated carbocycles. The molecule has 0 spiro atoms. The van der Waals surface area contributed by atoms with E-state index in [2.05, 4.69) is 18.3 Å². The van der Waals surface area contributed by atoms with Crippen LogP contribution in [0.4, 0.5) is 0 Å². The van der Waals surface area contributed by atoms with Crippen LogP contribution in [0.5, 0.6) is 0 Å². The smallest absolute Gasteiger partial charge is 0.120 e. The van der Waals surface area contributed by atoms with Crippen molar-refractivity contribution < 1.29 is 4.42 Å². The van der Waals surface area contributed by atoms with E-state index in [9.17, 15) is 0 Å². The molecule has 1 heterocycles. The zero-order valence-corrected chi connectivity index (χ0v) is 10.8. The highest BCUT2D eigenvalue weighted by atomic mass is 35.5. The SMILES string of the molecule is Cc1ccc(CN[C@H](C)c2ccco2)cc1Cl. The Labute approximate surface area is 107 Å². The van der Waals surface area contributed by atoms with Crippen LogP contribution in [0, 0.1) is 6.92 Å². The Kier molecular flexibility index (Phi) is 3.87. The van der Waals surface area contributed by atoms with Crippen molar-refractivity contribution in [3.8, 4) is 0 Å². The lowest BCUT2D eigenvalue weighted by Gasteiger charge is -2.11. The van der Waals surface area contributed by atoms with Gasteiger partial charge in [0, 0.05) is 11.6 Å². The third kappa shape index (κ3) is 3.11. The van der Waals surface area contributed by atoms with Crippen LogP contribution in [0.1, 0.15) is 29.9 Å². The molecule has 0 aliphatic carbocycles. The number of aryl methyl sites for hydroxylation is 1. The molecule has 90 valence electrons. The van der Waals surface area contributed by atoms with Crippen LogP contribution >= 0.6 is 11.6 Å². The summed E-state index contributed by atoms with van der Waals surface area (Å²) in [5.74, 6) is 0.947. The van der Waals surface area contributed by atoms with Gasteiger partial charge >= 0.3 is 0 Å². The molecule has 2 rings (SSSR count). The van der Waals surface area contributed by atoms with Crippen LogP contribution in [0.3, 0.4) is 0 Å². The minimum absolute atomic E-state index is 0.199. The maximum Gasteiger partial charge on any atom is 0.120 e. The molecule has 0 aliphatic heterocycles. The van der Waals surface area contributed by atoms with E-state index in [0.29, 0.717) is 0 Å². The molecular formula is C14H16ClNO. The lowest BCUT2D eigenvalue weighted by molar-refractivity contribution is 0.430. The van der Waals surface area contributed by atoms with Gasteiger partial charge in [-0.15, -0.1) is 0 Å². The van der Waals surface area contributed by atoms with Gasteiger partial charge < -0.3 is 9.73 Å². The van der Waals surface area contributed by atoms with Crippen molar-refractivity contribution in [1.29, 1.82) is 0 Å². The molecule has 0 radical (unpaired) electrons. The average molecular weight is 250 g/mol. The van der Waals surface area contributed by atoms with Crippen LogP contribution in [0.25, 0.3) is 0 Å². The summed E-state index contributed by atoms with van der Waals surface area (Å²) in [4.78, 5) is 0. The second-order valence-electron chi connectivity index (χ2n) is 4.20. The van der Waals surface area contributed by atoms with Crippen LogP contribution in [-0.4, -0.2) is 0 Å². The lowest BCUT2D eigenvalue weighted by atomic mass is 10.1. The van der Waals surface area contributed by atoms with Crippen molar-refractivity contribution in [3.63, 3.8) is 0 Å². The molecule has 1 aromatic heterocycles. The molecule has 2 nitrogen and oxygen atoms in total. The topological polar surface area (TPSA) is 25.2 Å². The van der Waals surface area contributed by atoms with Crippen molar-refractivity contribution in [2.24, 2.45) is 0 Å². The van der Waals surface area contributed by atoms with Gasteiger partial charge in [0.2, 0.25) is 0 Å². The van der Waals surface area contributed by atoms with E-state index >= 15 is 0 Å². The molecule has 0 aliphatic rings. The molecular weight excluding hydrogens is 234 g/mol. The molecule has 0 unspecified atom stereocenters. The van der Waals surface area contributed by atoms with Gasteiger partial charge in [0.1, 0.15) is 5.76 Å². The van der Waals surface area contributed by atoms with Crippen LogP contribution < -0.4 is 5.32 Å². The van der Waals surface area contributed by atoms with Crippen molar-refractivity contribution >= 4 is 11.6 Å². The largest absolute Gasteiger partial charge is 0.468 e. The zero-order valence-electron chi connectivity index (χ0n) is 10.0. The Balaban J connectivity index is 1.96. The number of furan rings is 1. The van der Waals surface area contributed by atoms with E-state index in [1.54, 1.807) is 6.26 Å². The quantitative estimate of drug-likeness (QED) is 0.883. The minimum Gasteiger partial charge on any atom is -0.468 e. The predicted molar refractivity (Wildman–Crippen MR) is 70.2 cm³/mol. The third-order valence-electron chi connectivity index (χ3n) is 2.82. The van der Waals surface area contributed by atoms with Crippen molar-refractivity contribution in [1.82, 2.24) is 5.32 Å². The number of hydrogen-bond donors (Lipinski definition) is 1. The summed E-state index contributed by atoms with van der Waals surface area (Å²) in [5, 5.41) is 4.21. The maximum absolute atomic E-state index is 6.08. The van der Waals surface area contributed by atoms with Gasteiger partial charge in [-0.05, 0) is 43.2 Å². The van der Waals surface area contributed by atoms with Gasteiger partial charge in [0.05, 0.1) is 12.3 Å². The molecule has 0 fully saturated rings. The zero-order chi connectivity index (χ0) is 12.3. The third-order valence-corrected chi connectivity index (χ3v) is 3.23. The Morgan fingerprint density at radius 3 is 2.82 bits per heavy atom. The van der Waals surface area contributed by atoms with Crippen molar-refractivity contribution in [2.45, 2.75) is 26.4 Å². The van der Waals surface area contributed by atoms with Gasteiger partial charge in [-0.3, -0.25) is 0 Å². The van der Waals surface area contributed by atoms with E-state index in [1.165, 1.54) is 5.56 Å². The standard InChI is InChI=1S/C14H16ClNO/c1-10-5-6-12(8-13(10)15)9-16-11(2)14-4-3-7-17-14/h3-8,11,16H,9H2,1-2H3/t11-/m1/s1. The lowest BCUT2D eigenvalue weighted by Crippen LogP contribution is -2.17. The molecule has 1 aromatic carbocycles. The summed E-state index contributed by atoms with van der Waals surface area (Å²) >= 11 is 6.08. The predicted octanol–water partition coefficient (Wildman–Crippen LogP) is 4.09. The van der Waals surface area contributed by atoms with Crippen LogP contribution in [-0.2, 0) is 6.54 Å². The Hall–Kier alpha value is -1.25. The second-order valence-corrected chi connectivity index (χ2v) is 4.61. The first-order chi connectivity index (χ1) is 8.16. The average Bonchev–Trinajstić information content (AvgIpc) is 2.84. The van der Waals surface area contributed by atoms with Gasteiger partial charge in [-0.1, -0.05) is 23.7 Å². The maximum atomic E-state index is 6.08. The number of nitrogens with one attached hydrogen (secondary N) is 1.